The minimum absolute atomic E-state index is 0.337. The molecule has 1 aromatic heterocycles. The highest BCUT2D eigenvalue weighted by atomic mass is 35.5. The van der Waals surface area contributed by atoms with Gasteiger partial charge in [-0.25, -0.2) is 9.97 Å². The molecule has 2 heterocycles. The summed E-state index contributed by atoms with van der Waals surface area (Å²) in [6.45, 7) is 4.24. The van der Waals surface area contributed by atoms with Crippen molar-refractivity contribution in [3.63, 3.8) is 0 Å². The van der Waals surface area contributed by atoms with E-state index in [2.05, 4.69) is 29.1 Å². The van der Waals surface area contributed by atoms with Gasteiger partial charge in [-0.15, -0.1) is 0 Å². The van der Waals surface area contributed by atoms with Crippen molar-refractivity contribution in [2.24, 2.45) is 0 Å². The smallest absolute Gasteiger partial charge is 0.138 e. The molecule has 1 saturated heterocycles. The predicted octanol–water partition coefficient (Wildman–Crippen LogP) is 3.56. The highest BCUT2D eigenvalue weighted by molar-refractivity contribution is 7.99. The second kappa shape index (κ2) is 5.91. The van der Waals surface area contributed by atoms with E-state index >= 15 is 0 Å². The molecule has 1 aliphatic rings. The molecule has 0 aliphatic carbocycles. The molecular weight excluding hydrogens is 254 g/mol. The van der Waals surface area contributed by atoms with Crippen LogP contribution in [0, 0.1) is 0 Å². The van der Waals surface area contributed by atoms with Crippen LogP contribution in [0.4, 0.5) is 5.82 Å². The van der Waals surface area contributed by atoms with Crippen LogP contribution in [-0.2, 0) is 0 Å². The van der Waals surface area contributed by atoms with Gasteiger partial charge in [-0.3, -0.25) is 0 Å². The van der Waals surface area contributed by atoms with E-state index in [9.17, 15) is 0 Å². The fourth-order valence-electron chi connectivity index (χ4n) is 2.04. The summed E-state index contributed by atoms with van der Waals surface area (Å²) >= 11 is 8.17. The standard InChI is InChI=1S/C12H18ClN3S/c1-8(2)10-11(13)14-7-15-12(10)16-9-3-5-17-6-4-9/h7-9H,3-6H2,1-2H3,(H,14,15,16). The zero-order valence-electron chi connectivity index (χ0n) is 10.2. The molecule has 0 atom stereocenters. The summed E-state index contributed by atoms with van der Waals surface area (Å²) in [6.07, 6.45) is 3.93. The maximum atomic E-state index is 6.15. The van der Waals surface area contributed by atoms with Gasteiger partial charge < -0.3 is 5.32 Å². The number of nitrogens with zero attached hydrogens (tertiary/aromatic N) is 2. The molecule has 5 heteroatoms. The van der Waals surface area contributed by atoms with E-state index in [-0.39, 0.29) is 0 Å². The number of aromatic nitrogens is 2. The van der Waals surface area contributed by atoms with E-state index in [1.165, 1.54) is 30.7 Å². The van der Waals surface area contributed by atoms with Crippen LogP contribution in [0.3, 0.4) is 0 Å². The predicted molar refractivity (Wildman–Crippen MR) is 75.1 cm³/mol. The lowest BCUT2D eigenvalue weighted by Crippen LogP contribution is -2.26. The Bertz CT molecular complexity index is 378. The first-order valence-corrected chi connectivity index (χ1v) is 7.56. The van der Waals surface area contributed by atoms with Gasteiger partial charge in [-0.2, -0.15) is 11.8 Å². The van der Waals surface area contributed by atoms with Crippen molar-refractivity contribution in [1.29, 1.82) is 0 Å². The third-order valence-corrected chi connectivity index (χ3v) is 4.32. The Balaban J connectivity index is 2.16. The molecule has 0 bridgehead atoms. The normalized spacial score (nSPS) is 17.4. The second-order valence-electron chi connectivity index (χ2n) is 4.61. The van der Waals surface area contributed by atoms with Crippen LogP contribution >= 0.6 is 23.4 Å². The van der Waals surface area contributed by atoms with Crippen molar-refractivity contribution >= 4 is 29.2 Å². The van der Waals surface area contributed by atoms with Gasteiger partial charge in [-0.05, 0) is 30.3 Å². The molecular formula is C12H18ClN3S. The topological polar surface area (TPSA) is 37.8 Å². The number of hydrogen-bond donors (Lipinski definition) is 1. The summed E-state index contributed by atoms with van der Waals surface area (Å²) < 4.78 is 0. The summed E-state index contributed by atoms with van der Waals surface area (Å²) in [5, 5.41) is 4.09. The van der Waals surface area contributed by atoms with Crippen LogP contribution < -0.4 is 5.32 Å². The van der Waals surface area contributed by atoms with Crippen molar-refractivity contribution in [3.05, 3.63) is 17.0 Å². The van der Waals surface area contributed by atoms with Gasteiger partial charge in [0.2, 0.25) is 0 Å². The monoisotopic (exact) mass is 271 g/mol. The molecule has 0 amide bonds. The maximum Gasteiger partial charge on any atom is 0.138 e. The summed E-state index contributed by atoms with van der Waals surface area (Å²) in [5.41, 5.74) is 1.03. The van der Waals surface area contributed by atoms with Crippen molar-refractivity contribution < 1.29 is 0 Å². The van der Waals surface area contributed by atoms with Gasteiger partial charge in [-0.1, -0.05) is 25.4 Å². The molecule has 0 aromatic carbocycles. The summed E-state index contributed by atoms with van der Waals surface area (Å²) in [4.78, 5) is 8.41. The lowest BCUT2D eigenvalue weighted by Gasteiger charge is -2.25. The van der Waals surface area contributed by atoms with E-state index in [0.717, 1.165) is 11.4 Å². The van der Waals surface area contributed by atoms with Crippen molar-refractivity contribution in [1.82, 2.24) is 9.97 Å². The third-order valence-electron chi connectivity index (χ3n) is 2.97. The highest BCUT2D eigenvalue weighted by Crippen LogP contribution is 2.29. The molecule has 0 saturated carbocycles. The molecule has 0 unspecified atom stereocenters. The van der Waals surface area contributed by atoms with Gasteiger partial charge in [0.05, 0.1) is 0 Å². The fourth-order valence-corrected chi connectivity index (χ4v) is 3.49. The minimum Gasteiger partial charge on any atom is -0.367 e. The summed E-state index contributed by atoms with van der Waals surface area (Å²) in [7, 11) is 0. The van der Waals surface area contributed by atoms with Gasteiger partial charge in [0, 0.05) is 11.6 Å². The third kappa shape index (κ3) is 3.26. The Labute approximate surface area is 112 Å². The van der Waals surface area contributed by atoms with Gasteiger partial charge >= 0.3 is 0 Å². The molecule has 17 heavy (non-hydrogen) atoms. The number of thioether (sulfide) groups is 1. The number of nitrogens with one attached hydrogen (secondary N) is 1. The van der Waals surface area contributed by atoms with E-state index in [4.69, 9.17) is 11.6 Å². The van der Waals surface area contributed by atoms with Crippen LogP contribution in [-0.4, -0.2) is 27.5 Å². The SMILES string of the molecule is CC(C)c1c(Cl)ncnc1NC1CCSCC1. The van der Waals surface area contributed by atoms with Gasteiger partial charge in [0.1, 0.15) is 17.3 Å². The van der Waals surface area contributed by atoms with Crippen LogP contribution in [0.5, 0.6) is 0 Å². The fraction of sp³-hybridized carbons (Fsp3) is 0.667. The molecule has 1 aliphatic heterocycles. The van der Waals surface area contributed by atoms with Crippen LogP contribution in [0.15, 0.2) is 6.33 Å². The van der Waals surface area contributed by atoms with E-state index in [0.29, 0.717) is 17.1 Å². The van der Waals surface area contributed by atoms with Gasteiger partial charge in [0.15, 0.2) is 0 Å². The van der Waals surface area contributed by atoms with Crippen LogP contribution in [0.2, 0.25) is 5.15 Å². The Kier molecular flexibility index (Phi) is 4.51. The Morgan fingerprint density at radius 2 is 2.06 bits per heavy atom. The summed E-state index contributed by atoms with van der Waals surface area (Å²) in [5.74, 6) is 3.71. The number of rotatable bonds is 3. The van der Waals surface area contributed by atoms with Crippen molar-refractivity contribution in [2.75, 3.05) is 16.8 Å². The first-order chi connectivity index (χ1) is 8.18. The maximum absolute atomic E-state index is 6.15. The van der Waals surface area contributed by atoms with Crippen LogP contribution in [0.1, 0.15) is 38.2 Å². The van der Waals surface area contributed by atoms with Gasteiger partial charge in [0.25, 0.3) is 0 Å². The highest BCUT2D eigenvalue weighted by Gasteiger charge is 2.18. The number of halogens is 1. The Morgan fingerprint density at radius 3 is 2.71 bits per heavy atom. The quantitative estimate of drug-likeness (QED) is 0.853. The average Bonchev–Trinajstić information content (AvgIpc) is 2.30. The molecule has 3 nitrogen and oxygen atoms in total. The second-order valence-corrected chi connectivity index (χ2v) is 6.20. The number of anilines is 1. The lowest BCUT2D eigenvalue weighted by atomic mass is 10.1. The first-order valence-electron chi connectivity index (χ1n) is 6.03. The Morgan fingerprint density at radius 1 is 1.35 bits per heavy atom. The Hall–Kier alpha value is -0.480. The molecule has 94 valence electrons. The van der Waals surface area contributed by atoms with E-state index in [1.807, 2.05) is 11.8 Å². The molecule has 2 rings (SSSR count). The minimum atomic E-state index is 0.337. The van der Waals surface area contributed by atoms with Crippen molar-refractivity contribution in [3.8, 4) is 0 Å². The van der Waals surface area contributed by atoms with Crippen molar-refractivity contribution in [2.45, 2.75) is 38.6 Å². The first kappa shape index (κ1) is 13.0. The number of hydrogen-bond acceptors (Lipinski definition) is 4. The molecule has 0 radical (unpaired) electrons. The molecule has 1 aromatic rings. The average molecular weight is 272 g/mol. The van der Waals surface area contributed by atoms with E-state index < -0.39 is 0 Å². The molecule has 0 spiro atoms. The lowest BCUT2D eigenvalue weighted by molar-refractivity contribution is 0.660. The zero-order chi connectivity index (χ0) is 12.3. The van der Waals surface area contributed by atoms with Crippen LogP contribution in [0.25, 0.3) is 0 Å². The zero-order valence-corrected chi connectivity index (χ0v) is 11.8. The molecule has 1 N–H and O–H groups in total. The summed E-state index contributed by atoms with van der Waals surface area (Å²) in [6, 6.07) is 0.528. The van der Waals surface area contributed by atoms with E-state index in [1.54, 1.807) is 0 Å². The molecule has 1 fully saturated rings. The largest absolute Gasteiger partial charge is 0.367 e.